The van der Waals surface area contributed by atoms with Crippen molar-refractivity contribution < 1.29 is 33.4 Å². The lowest BCUT2D eigenvalue weighted by atomic mass is 10.2. The highest BCUT2D eigenvalue weighted by atomic mass is 79.9. The van der Waals surface area contributed by atoms with Crippen LogP contribution in [0.1, 0.15) is 25.3 Å². The number of hydrogen-bond acceptors (Lipinski definition) is 8. The number of methoxy groups -OCH3 is 1. The molecule has 1 aromatic rings. The van der Waals surface area contributed by atoms with Gasteiger partial charge in [0.05, 0.1) is 23.1 Å². The highest BCUT2D eigenvalue weighted by Crippen LogP contribution is 2.39. The molecule has 32 heavy (non-hydrogen) atoms. The second-order valence-corrected chi connectivity index (χ2v) is 8.83. The lowest BCUT2D eigenvalue weighted by molar-refractivity contribution is -0.143. The Hall–Kier alpha value is -2.53. The molecule has 0 unspecified atom stereocenters. The van der Waals surface area contributed by atoms with Crippen molar-refractivity contribution >= 4 is 56.8 Å². The second kappa shape index (κ2) is 10.9. The van der Waals surface area contributed by atoms with E-state index in [1.54, 1.807) is 30.0 Å². The third-order valence-corrected chi connectivity index (χ3v) is 6.31. The maximum Gasteiger partial charge on any atom is 0.343 e. The quantitative estimate of drug-likeness (QED) is 0.376. The maximum absolute atomic E-state index is 12.8. The molecular formula is C21H23BrN2O7S. The zero-order valence-corrected chi connectivity index (χ0v) is 20.1. The number of likely N-dealkylation sites (tertiary alicyclic amines) is 1. The van der Waals surface area contributed by atoms with Gasteiger partial charge in [0.2, 0.25) is 5.91 Å². The van der Waals surface area contributed by atoms with Crippen molar-refractivity contribution in [1.82, 2.24) is 9.80 Å². The molecule has 2 aliphatic heterocycles. The molecule has 0 spiro atoms. The van der Waals surface area contributed by atoms with E-state index in [9.17, 15) is 19.2 Å². The van der Waals surface area contributed by atoms with Gasteiger partial charge in [0.1, 0.15) is 6.54 Å². The van der Waals surface area contributed by atoms with Crippen LogP contribution < -0.4 is 9.47 Å². The Morgan fingerprint density at radius 1 is 1.19 bits per heavy atom. The summed E-state index contributed by atoms with van der Waals surface area (Å²) in [5, 5.41) is -0.476. The largest absolute Gasteiger partial charge is 0.490 e. The van der Waals surface area contributed by atoms with E-state index < -0.39 is 17.1 Å². The van der Waals surface area contributed by atoms with Crippen molar-refractivity contribution in [3.05, 3.63) is 27.1 Å². The monoisotopic (exact) mass is 526 g/mol. The molecule has 0 bridgehead atoms. The van der Waals surface area contributed by atoms with Gasteiger partial charge in [-0.25, -0.2) is 4.79 Å². The predicted octanol–water partition coefficient (Wildman–Crippen LogP) is 3.06. The molecule has 0 N–H and O–H groups in total. The fourth-order valence-corrected chi connectivity index (χ4v) is 4.67. The lowest BCUT2D eigenvalue weighted by Gasteiger charge is -2.18. The number of imide groups is 1. The lowest BCUT2D eigenvalue weighted by Crippen LogP contribution is -2.40. The maximum atomic E-state index is 12.8. The number of esters is 1. The van der Waals surface area contributed by atoms with E-state index in [2.05, 4.69) is 20.7 Å². The van der Waals surface area contributed by atoms with E-state index in [1.165, 1.54) is 7.11 Å². The zero-order valence-electron chi connectivity index (χ0n) is 17.7. The highest BCUT2D eigenvalue weighted by molar-refractivity contribution is 9.10. The first-order valence-corrected chi connectivity index (χ1v) is 11.6. The van der Waals surface area contributed by atoms with Crippen LogP contribution in [-0.4, -0.2) is 72.8 Å². The van der Waals surface area contributed by atoms with Crippen molar-refractivity contribution in [2.24, 2.45) is 0 Å². The molecule has 0 atom stereocenters. The van der Waals surface area contributed by atoms with Gasteiger partial charge < -0.3 is 19.1 Å². The van der Waals surface area contributed by atoms with Gasteiger partial charge in [-0.2, -0.15) is 0 Å². The summed E-state index contributed by atoms with van der Waals surface area (Å²) < 4.78 is 16.2. The van der Waals surface area contributed by atoms with E-state index in [4.69, 9.17) is 9.47 Å². The predicted molar refractivity (Wildman–Crippen MR) is 121 cm³/mol. The summed E-state index contributed by atoms with van der Waals surface area (Å²) in [5.74, 6) is -0.591. The van der Waals surface area contributed by atoms with Crippen LogP contribution >= 0.6 is 27.7 Å². The van der Waals surface area contributed by atoms with Gasteiger partial charge in [-0.05, 0) is 71.2 Å². The summed E-state index contributed by atoms with van der Waals surface area (Å²) in [6, 6.07) is 3.32. The van der Waals surface area contributed by atoms with Crippen molar-refractivity contribution in [3.63, 3.8) is 0 Å². The van der Waals surface area contributed by atoms with Crippen LogP contribution in [0.15, 0.2) is 21.5 Å². The topological polar surface area (TPSA) is 102 Å². The fraction of sp³-hybridized carbons (Fsp3) is 0.429. The number of rotatable bonds is 8. The summed E-state index contributed by atoms with van der Waals surface area (Å²) in [6.07, 6.45) is 3.43. The van der Waals surface area contributed by atoms with Crippen molar-refractivity contribution in [2.45, 2.75) is 19.8 Å². The first-order valence-electron chi connectivity index (χ1n) is 10.0. The van der Waals surface area contributed by atoms with Crippen molar-refractivity contribution in [2.75, 3.05) is 40.0 Å². The van der Waals surface area contributed by atoms with Gasteiger partial charge in [-0.1, -0.05) is 0 Å². The molecule has 2 saturated heterocycles. The van der Waals surface area contributed by atoms with E-state index in [0.29, 0.717) is 41.2 Å². The number of ether oxygens (including phenoxy) is 3. The van der Waals surface area contributed by atoms with E-state index in [0.717, 1.165) is 29.5 Å². The van der Waals surface area contributed by atoms with Gasteiger partial charge in [0.25, 0.3) is 11.1 Å². The molecule has 3 rings (SSSR count). The number of carbonyl (C=O) groups is 4. The molecule has 0 radical (unpaired) electrons. The summed E-state index contributed by atoms with van der Waals surface area (Å²) in [5.41, 5.74) is 0.585. The molecule has 3 amide bonds. The third kappa shape index (κ3) is 5.63. The van der Waals surface area contributed by atoms with Crippen LogP contribution in [-0.2, 0) is 19.1 Å². The second-order valence-electron chi connectivity index (χ2n) is 6.98. The molecule has 2 fully saturated rings. The molecule has 0 saturated carbocycles. The molecular weight excluding hydrogens is 504 g/mol. The van der Waals surface area contributed by atoms with Gasteiger partial charge >= 0.3 is 5.97 Å². The van der Waals surface area contributed by atoms with Gasteiger partial charge in [-0.3, -0.25) is 19.3 Å². The van der Waals surface area contributed by atoms with E-state index >= 15 is 0 Å². The fourth-order valence-electron chi connectivity index (χ4n) is 3.25. The minimum Gasteiger partial charge on any atom is -0.490 e. The average Bonchev–Trinajstić information content (AvgIpc) is 3.38. The summed E-state index contributed by atoms with van der Waals surface area (Å²) in [7, 11) is 1.26. The first kappa shape index (κ1) is 24.1. The molecule has 1 aromatic carbocycles. The number of carbonyl (C=O) groups excluding carboxylic acids is 4. The third-order valence-electron chi connectivity index (χ3n) is 4.82. The number of hydrogen-bond donors (Lipinski definition) is 0. The average molecular weight is 527 g/mol. The number of amides is 3. The van der Waals surface area contributed by atoms with Crippen molar-refractivity contribution in [1.29, 1.82) is 0 Å². The number of benzene rings is 1. The van der Waals surface area contributed by atoms with E-state index in [1.807, 2.05) is 0 Å². The Morgan fingerprint density at radius 3 is 2.56 bits per heavy atom. The number of halogens is 1. The molecule has 172 valence electrons. The molecule has 0 aromatic heterocycles. The number of thioether (sulfide) groups is 1. The first-order chi connectivity index (χ1) is 15.3. The Kier molecular flexibility index (Phi) is 8.19. The Morgan fingerprint density at radius 2 is 1.91 bits per heavy atom. The Balaban J connectivity index is 1.79. The van der Waals surface area contributed by atoms with Crippen molar-refractivity contribution in [3.8, 4) is 11.5 Å². The molecule has 2 aliphatic rings. The normalized spacial score (nSPS) is 17.3. The molecule has 9 nitrogen and oxygen atoms in total. The van der Waals surface area contributed by atoms with Crippen LogP contribution in [0.2, 0.25) is 0 Å². The zero-order chi connectivity index (χ0) is 23.3. The van der Waals surface area contributed by atoms with Crippen LogP contribution in [0.25, 0.3) is 6.08 Å². The minimum atomic E-state index is -0.541. The Bertz CT molecular complexity index is 960. The van der Waals surface area contributed by atoms with E-state index in [-0.39, 0.29) is 24.0 Å². The van der Waals surface area contributed by atoms with Crippen LogP contribution in [0.3, 0.4) is 0 Å². The van der Waals surface area contributed by atoms with Gasteiger partial charge in [0.15, 0.2) is 18.1 Å². The SMILES string of the molecule is CCOc1cc(/C=C2/SC(=O)N(CC(=O)N3CCCC3)C2=O)cc(Br)c1OCC(=O)OC. The van der Waals surface area contributed by atoms with Crippen LogP contribution in [0.5, 0.6) is 11.5 Å². The minimum absolute atomic E-state index is 0.210. The molecule has 2 heterocycles. The smallest absolute Gasteiger partial charge is 0.343 e. The summed E-state index contributed by atoms with van der Waals surface area (Å²) in [6.45, 7) is 2.91. The van der Waals surface area contributed by atoms with Crippen LogP contribution in [0.4, 0.5) is 4.79 Å². The number of nitrogens with zero attached hydrogens (tertiary/aromatic N) is 2. The highest BCUT2D eigenvalue weighted by Gasteiger charge is 2.37. The summed E-state index contributed by atoms with van der Waals surface area (Å²) in [4.78, 5) is 51.8. The molecule has 0 aliphatic carbocycles. The molecule has 11 heteroatoms. The summed E-state index contributed by atoms with van der Waals surface area (Å²) >= 11 is 4.18. The standard InChI is InChI=1S/C21H23BrN2O7S/c1-3-30-15-9-13(8-14(22)19(15)31-12-18(26)29-2)10-16-20(27)24(21(28)32-16)11-17(25)23-6-4-5-7-23/h8-10H,3-7,11-12H2,1-2H3/b16-10+. The van der Waals surface area contributed by atoms with Gasteiger partial charge in [0, 0.05) is 13.1 Å². The van der Waals surface area contributed by atoms with Gasteiger partial charge in [-0.15, -0.1) is 0 Å². The van der Waals surface area contributed by atoms with Crippen LogP contribution in [0, 0.1) is 0 Å². The Labute approximate surface area is 198 Å².